The van der Waals surface area contributed by atoms with Crippen molar-refractivity contribution in [3.05, 3.63) is 150 Å². The van der Waals surface area contributed by atoms with Gasteiger partial charge in [-0.1, -0.05) is 54.6 Å². The van der Waals surface area contributed by atoms with Gasteiger partial charge in [0.25, 0.3) is 0 Å². The Morgan fingerprint density at radius 1 is 0.524 bits per heavy atom. The number of hydrogen-bond acceptors (Lipinski definition) is 4. The smallest absolute Gasteiger partial charge is 0.115 e. The summed E-state index contributed by atoms with van der Waals surface area (Å²) in [7, 11) is 0. The fourth-order valence-electron chi connectivity index (χ4n) is 5.26. The Hall–Kier alpha value is -5.22. The number of allylic oxidation sites excluding steroid dienone is 4. The number of hydrogen-bond donors (Lipinski definition) is 3. The topological polar surface area (TPSA) is 55.7 Å². The Morgan fingerprint density at radius 2 is 1.02 bits per heavy atom. The quantitative estimate of drug-likeness (QED) is 0.176. The molecule has 0 saturated heterocycles. The molecule has 1 aliphatic carbocycles. The van der Waals surface area contributed by atoms with Crippen molar-refractivity contribution in [1.82, 2.24) is 0 Å². The standard InChI is InChI=1S/C38H34N2O2/c1-26-3-16-36(25-27(26)2)40(35-19-23-38(42)24-20-35)34-17-10-31(11-18-34)29-6-4-28(5-7-29)30-8-12-32(13-9-30)39-33-14-21-37(41)22-15-33/h3-19,21-23,25,39,41-42H,20,24H2,1-2H3. The number of nitrogens with zero attached hydrogens (tertiary/aromatic N) is 1. The van der Waals surface area contributed by atoms with Gasteiger partial charge in [-0.05, 0) is 126 Å². The van der Waals surface area contributed by atoms with Gasteiger partial charge in [-0.2, -0.15) is 0 Å². The van der Waals surface area contributed by atoms with E-state index in [0.29, 0.717) is 12.2 Å². The lowest BCUT2D eigenvalue weighted by Gasteiger charge is -2.30. The minimum atomic E-state index is 0.256. The summed E-state index contributed by atoms with van der Waals surface area (Å²) in [5, 5.41) is 22.8. The van der Waals surface area contributed by atoms with Crippen LogP contribution >= 0.6 is 0 Å². The number of aryl methyl sites for hydroxylation is 2. The van der Waals surface area contributed by atoms with E-state index in [1.54, 1.807) is 12.1 Å². The van der Waals surface area contributed by atoms with E-state index in [1.165, 1.54) is 16.7 Å². The van der Waals surface area contributed by atoms with Gasteiger partial charge in [0, 0.05) is 34.9 Å². The van der Waals surface area contributed by atoms with Crippen LogP contribution in [0.15, 0.2) is 139 Å². The Kier molecular flexibility index (Phi) is 7.52. The predicted molar refractivity (Wildman–Crippen MR) is 175 cm³/mol. The van der Waals surface area contributed by atoms with Crippen LogP contribution in [0.5, 0.6) is 5.75 Å². The first-order valence-electron chi connectivity index (χ1n) is 14.3. The lowest BCUT2D eigenvalue weighted by atomic mass is 9.99. The van der Waals surface area contributed by atoms with E-state index >= 15 is 0 Å². The first-order chi connectivity index (χ1) is 20.4. The number of benzene rings is 5. The molecule has 0 aliphatic heterocycles. The van der Waals surface area contributed by atoms with Crippen LogP contribution in [0.3, 0.4) is 0 Å². The molecular formula is C38H34N2O2. The number of anilines is 4. The molecule has 5 aromatic rings. The molecule has 0 bridgehead atoms. The first-order valence-corrected chi connectivity index (χ1v) is 14.3. The van der Waals surface area contributed by atoms with E-state index in [0.717, 1.165) is 51.6 Å². The number of nitrogens with one attached hydrogen (secondary N) is 1. The van der Waals surface area contributed by atoms with Crippen LogP contribution in [0.4, 0.5) is 22.7 Å². The van der Waals surface area contributed by atoms with Crippen molar-refractivity contribution < 1.29 is 10.2 Å². The minimum Gasteiger partial charge on any atom is -0.512 e. The molecule has 0 unspecified atom stereocenters. The molecule has 3 N–H and O–H groups in total. The average Bonchev–Trinajstić information content (AvgIpc) is 3.02. The van der Waals surface area contributed by atoms with E-state index in [1.807, 2.05) is 24.3 Å². The summed E-state index contributed by atoms with van der Waals surface area (Å²) in [6.45, 7) is 4.28. The molecule has 0 radical (unpaired) electrons. The van der Waals surface area contributed by atoms with E-state index < -0.39 is 0 Å². The SMILES string of the molecule is Cc1ccc(N(C2=CC=C(O)CC2)c2ccc(-c3ccc(-c4ccc(Nc5ccc(O)cc5)cc4)cc3)cc2)cc1C. The van der Waals surface area contributed by atoms with Crippen molar-refractivity contribution in [2.75, 3.05) is 10.2 Å². The highest BCUT2D eigenvalue weighted by molar-refractivity contribution is 5.76. The fraction of sp³-hybridized carbons (Fsp3) is 0.105. The van der Waals surface area contributed by atoms with Crippen molar-refractivity contribution >= 4 is 22.7 Å². The number of aliphatic hydroxyl groups excluding tert-OH is 1. The number of phenols is 1. The molecule has 0 atom stereocenters. The third-order valence-electron chi connectivity index (χ3n) is 7.86. The van der Waals surface area contributed by atoms with Crippen LogP contribution in [0.1, 0.15) is 24.0 Å². The summed E-state index contributed by atoms with van der Waals surface area (Å²) in [6.07, 6.45) is 5.26. The molecule has 0 amide bonds. The summed E-state index contributed by atoms with van der Waals surface area (Å²) < 4.78 is 0. The Bertz CT molecular complexity index is 1750. The fourth-order valence-corrected chi connectivity index (χ4v) is 5.26. The lowest BCUT2D eigenvalue weighted by molar-refractivity contribution is 0.385. The number of phenolic OH excluding ortho intramolecular Hbond substituents is 1. The molecule has 0 fully saturated rings. The zero-order valence-corrected chi connectivity index (χ0v) is 23.9. The highest BCUT2D eigenvalue weighted by atomic mass is 16.3. The number of aliphatic hydroxyl groups is 1. The van der Waals surface area contributed by atoms with E-state index in [4.69, 9.17) is 0 Å². The van der Waals surface area contributed by atoms with Crippen molar-refractivity contribution in [3.8, 4) is 28.0 Å². The van der Waals surface area contributed by atoms with Crippen LogP contribution in [-0.4, -0.2) is 10.2 Å². The zero-order chi connectivity index (χ0) is 29.1. The molecule has 5 aromatic carbocycles. The first kappa shape index (κ1) is 27.0. The lowest BCUT2D eigenvalue weighted by Crippen LogP contribution is -2.18. The summed E-state index contributed by atoms with van der Waals surface area (Å²) >= 11 is 0. The van der Waals surface area contributed by atoms with Crippen LogP contribution in [-0.2, 0) is 0 Å². The second kappa shape index (κ2) is 11.7. The second-order valence-electron chi connectivity index (χ2n) is 10.8. The molecule has 6 rings (SSSR count). The Morgan fingerprint density at radius 3 is 1.55 bits per heavy atom. The molecule has 0 spiro atoms. The third-order valence-corrected chi connectivity index (χ3v) is 7.86. The minimum absolute atomic E-state index is 0.256. The summed E-state index contributed by atoms with van der Waals surface area (Å²) in [5.41, 5.74) is 12.5. The number of rotatable bonds is 7. The van der Waals surface area contributed by atoms with Gasteiger partial charge in [-0.15, -0.1) is 0 Å². The van der Waals surface area contributed by atoms with E-state index in [2.05, 4.69) is 115 Å². The van der Waals surface area contributed by atoms with Gasteiger partial charge in [0.15, 0.2) is 0 Å². The molecule has 42 heavy (non-hydrogen) atoms. The Balaban J connectivity index is 1.21. The summed E-state index contributed by atoms with van der Waals surface area (Å²) in [6, 6.07) is 39.4. The maximum absolute atomic E-state index is 9.95. The van der Waals surface area contributed by atoms with Crippen LogP contribution in [0, 0.1) is 13.8 Å². The summed E-state index contributed by atoms with van der Waals surface area (Å²) in [5.74, 6) is 0.686. The van der Waals surface area contributed by atoms with Gasteiger partial charge in [0.1, 0.15) is 5.75 Å². The van der Waals surface area contributed by atoms with Crippen LogP contribution < -0.4 is 10.2 Å². The van der Waals surface area contributed by atoms with Gasteiger partial charge in [0.2, 0.25) is 0 Å². The monoisotopic (exact) mass is 550 g/mol. The third kappa shape index (κ3) is 5.93. The number of aromatic hydroxyl groups is 1. The maximum Gasteiger partial charge on any atom is 0.115 e. The zero-order valence-electron chi connectivity index (χ0n) is 23.9. The second-order valence-corrected chi connectivity index (χ2v) is 10.8. The van der Waals surface area contributed by atoms with Crippen molar-refractivity contribution in [1.29, 1.82) is 0 Å². The normalized spacial score (nSPS) is 12.8. The molecule has 4 nitrogen and oxygen atoms in total. The van der Waals surface area contributed by atoms with Gasteiger partial charge in [-0.3, -0.25) is 0 Å². The van der Waals surface area contributed by atoms with Crippen LogP contribution in [0.25, 0.3) is 22.3 Å². The molecule has 1 aliphatic rings. The Labute approximate surface area is 247 Å². The van der Waals surface area contributed by atoms with Crippen molar-refractivity contribution in [3.63, 3.8) is 0 Å². The van der Waals surface area contributed by atoms with Crippen LogP contribution in [0.2, 0.25) is 0 Å². The molecule has 4 heteroatoms. The summed E-state index contributed by atoms with van der Waals surface area (Å²) in [4.78, 5) is 2.29. The van der Waals surface area contributed by atoms with Gasteiger partial charge in [0.05, 0.1) is 5.76 Å². The van der Waals surface area contributed by atoms with Gasteiger partial charge >= 0.3 is 0 Å². The molecule has 208 valence electrons. The maximum atomic E-state index is 9.95. The largest absolute Gasteiger partial charge is 0.512 e. The molecule has 0 saturated carbocycles. The molecule has 0 aromatic heterocycles. The molecule has 0 heterocycles. The van der Waals surface area contributed by atoms with E-state index in [9.17, 15) is 10.2 Å². The van der Waals surface area contributed by atoms with E-state index in [-0.39, 0.29) is 5.75 Å². The highest BCUT2D eigenvalue weighted by Gasteiger charge is 2.18. The predicted octanol–water partition coefficient (Wildman–Crippen LogP) is 10.3. The van der Waals surface area contributed by atoms with Gasteiger partial charge in [-0.25, -0.2) is 0 Å². The van der Waals surface area contributed by atoms with Gasteiger partial charge < -0.3 is 20.4 Å². The highest BCUT2D eigenvalue weighted by Crippen LogP contribution is 2.36. The average molecular weight is 551 g/mol. The van der Waals surface area contributed by atoms with Crippen molar-refractivity contribution in [2.45, 2.75) is 26.7 Å². The van der Waals surface area contributed by atoms with Crippen molar-refractivity contribution in [2.24, 2.45) is 0 Å². The molecular weight excluding hydrogens is 516 g/mol.